The number of rotatable bonds is 9. The smallest absolute Gasteiger partial charge is 0.339 e. The van der Waals surface area contributed by atoms with Gasteiger partial charge in [-0.3, -0.25) is 9.59 Å². The average molecular weight is 473 g/mol. The minimum atomic E-state index is -0.556. The Morgan fingerprint density at radius 2 is 1.79 bits per heavy atom. The van der Waals surface area contributed by atoms with Crippen molar-refractivity contribution in [1.82, 2.24) is 10.3 Å². The number of Topliss-reactive ketones (excluding diaryl/α,β-unsaturated/α-hetero) is 1. The number of para-hydroxylation sites is 1. The normalized spacial score (nSPS) is 10.7. The van der Waals surface area contributed by atoms with Gasteiger partial charge in [-0.2, -0.15) is 0 Å². The van der Waals surface area contributed by atoms with E-state index in [1.165, 1.54) is 6.92 Å². The Balaban J connectivity index is 1.41. The van der Waals surface area contributed by atoms with Crippen molar-refractivity contribution in [1.29, 1.82) is 0 Å². The van der Waals surface area contributed by atoms with Crippen LogP contribution in [0, 0.1) is 0 Å². The molecule has 0 atom stereocenters. The number of aromatic nitrogens is 1. The molecule has 1 N–H and O–H groups in total. The van der Waals surface area contributed by atoms with Crippen LogP contribution in [0.5, 0.6) is 0 Å². The van der Waals surface area contributed by atoms with Crippen LogP contribution in [0.1, 0.15) is 39.6 Å². The minimum Gasteiger partial charge on any atom is -0.454 e. The van der Waals surface area contributed by atoms with Crippen LogP contribution in [0.4, 0.5) is 0 Å². The van der Waals surface area contributed by atoms with Gasteiger partial charge in [0.05, 0.1) is 21.7 Å². The van der Waals surface area contributed by atoms with Gasteiger partial charge in [-0.1, -0.05) is 48.5 Å². The predicted octanol–water partition coefficient (Wildman–Crippen LogP) is 5.07. The zero-order valence-corrected chi connectivity index (χ0v) is 19.6. The summed E-state index contributed by atoms with van der Waals surface area (Å²) in [5, 5.41) is 5.40. The maximum atomic E-state index is 12.9. The first-order valence-corrected chi connectivity index (χ1v) is 11.9. The highest BCUT2D eigenvalue weighted by Gasteiger charge is 2.17. The van der Waals surface area contributed by atoms with Crippen molar-refractivity contribution in [3.63, 3.8) is 0 Å². The van der Waals surface area contributed by atoms with E-state index in [9.17, 15) is 14.4 Å². The fourth-order valence-electron chi connectivity index (χ4n) is 3.60. The number of nitrogens with one attached hydrogen (secondary N) is 1. The Morgan fingerprint density at radius 3 is 2.53 bits per heavy atom. The molecule has 0 fully saturated rings. The highest BCUT2D eigenvalue weighted by atomic mass is 32.1. The van der Waals surface area contributed by atoms with Crippen molar-refractivity contribution in [2.24, 2.45) is 0 Å². The van der Waals surface area contributed by atoms with E-state index >= 15 is 0 Å². The van der Waals surface area contributed by atoms with Gasteiger partial charge in [-0.15, -0.1) is 11.3 Å². The number of thiophene rings is 1. The molecule has 0 aliphatic rings. The van der Waals surface area contributed by atoms with Crippen molar-refractivity contribution in [3.8, 4) is 10.6 Å². The molecule has 4 aromatic rings. The number of nitrogens with zero attached hydrogens (tertiary/aromatic N) is 1. The quantitative estimate of drug-likeness (QED) is 0.209. The lowest BCUT2D eigenvalue weighted by Gasteiger charge is -2.09. The van der Waals surface area contributed by atoms with Crippen molar-refractivity contribution in [2.75, 3.05) is 13.2 Å². The summed E-state index contributed by atoms with van der Waals surface area (Å²) in [4.78, 5) is 42.1. The van der Waals surface area contributed by atoms with Crippen LogP contribution in [-0.4, -0.2) is 35.8 Å². The van der Waals surface area contributed by atoms with E-state index in [0.29, 0.717) is 34.3 Å². The number of carbonyl (C=O) groups is 3. The summed E-state index contributed by atoms with van der Waals surface area (Å²) in [5.41, 5.74) is 3.33. The van der Waals surface area contributed by atoms with E-state index in [-0.39, 0.29) is 18.3 Å². The lowest BCUT2D eigenvalue weighted by atomic mass is 10.1. The Hall–Kier alpha value is -3.84. The summed E-state index contributed by atoms with van der Waals surface area (Å²) in [6, 6.07) is 20.2. The van der Waals surface area contributed by atoms with Crippen LogP contribution >= 0.6 is 11.3 Å². The molecule has 2 aromatic heterocycles. The number of ketones is 1. The summed E-state index contributed by atoms with van der Waals surface area (Å²) in [6.07, 6.45) is 1.61. The summed E-state index contributed by atoms with van der Waals surface area (Å²) >= 11 is 1.54. The number of hydrogen-bond donors (Lipinski definition) is 1. The topological polar surface area (TPSA) is 85.4 Å². The summed E-state index contributed by atoms with van der Waals surface area (Å²) < 4.78 is 5.40. The number of esters is 1. The number of carbonyl (C=O) groups excluding carboxylic acids is 3. The maximum Gasteiger partial charge on any atom is 0.339 e. The first-order chi connectivity index (χ1) is 16.5. The lowest BCUT2D eigenvalue weighted by Crippen LogP contribution is -2.21. The second-order valence-electron chi connectivity index (χ2n) is 7.83. The van der Waals surface area contributed by atoms with E-state index < -0.39 is 5.97 Å². The molecule has 0 aliphatic heterocycles. The largest absolute Gasteiger partial charge is 0.454 e. The summed E-state index contributed by atoms with van der Waals surface area (Å²) in [6.45, 7) is 1.77. The van der Waals surface area contributed by atoms with Gasteiger partial charge in [0.2, 0.25) is 5.91 Å². The molecular formula is C27H24N2O4S. The van der Waals surface area contributed by atoms with Gasteiger partial charge in [0.1, 0.15) is 0 Å². The molecule has 0 spiro atoms. The average Bonchev–Trinajstić information content (AvgIpc) is 3.40. The van der Waals surface area contributed by atoms with E-state index in [1.54, 1.807) is 29.5 Å². The highest BCUT2D eigenvalue weighted by molar-refractivity contribution is 7.13. The van der Waals surface area contributed by atoms with Crippen molar-refractivity contribution >= 4 is 39.9 Å². The molecule has 172 valence electrons. The number of hydrogen-bond acceptors (Lipinski definition) is 6. The number of pyridine rings is 1. The van der Waals surface area contributed by atoms with E-state index in [4.69, 9.17) is 4.74 Å². The molecule has 1 amide bonds. The molecule has 0 saturated carbocycles. The third-order valence-electron chi connectivity index (χ3n) is 5.34. The number of ether oxygens (including phenoxy) is 1. The molecule has 0 unspecified atom stereocenters. The fourth-order valence-corrected chi connectivity index (χ4v) is 4.29. The zero-order chi connectivity index (χ0) is 23.9. The monoisotopic (exact) mass is 472 g/mol. The van der Waals surface area contributed by atoms with Gasteiger partial charge < -0.3 is 10.1 Å². The number of amides is 1. The van der Waals surface area contributed by atoms with Gasteiger partial charge in [0.25, 0.3) is 0 Å². The molecule has 2 aromatic carbocycles. The van der Waals surface area contributed by atoms with E-state index in [1.807, 2.05) is 53.9 Å². The van der Waals surface area contributed by atoms with Crippen molar-refractivity contribution in [2.45, 2.75) is 19.8 Å². The minimum absolute atomic E-state index is 0.0435. The molecule has 0 radical (unpaired) electrons. The van der Waals surface area contributed by atoms with Gasteiger partial charge in [0.15, 0.2) is 12.4 Å². The Morgan fingerprint density at radius 1 is 1.00 bits per heavy atom. The maximum absolute atomic E-state index is 12.9. The number of fused-ring (bicyclic) bond motifs is 1. The van der Waals surface area contributed by atoms with Crippen LogP contribution in [0.25, 0.3) is 21.5 Å². The molecule has 7 heteroatoms. The molecule has 4 rings (SSSR count). The SMILES string of the molecule is CC(=O)NCCCc1ccc(C(=O)COC(=O)c2cc(-c3cccs3)nc3ccccc23)cc1. The Labute approximate surface area is 201 Å². The first-order valence-electron chi connectivity index (χ1n) is 11.0. The first kappa shape index (κ1) is 23.3. The Bertz CT molecular complexity index is 1310. The van der Waals surface area contributed by atoms with Crippen molar-refractivity contribution in [3.05, 3.63) is 88.8 Å². The van der Waals surface area contributed by atoms with Gasteiger partial charge in [-0.25, -0.2) is 9.78 Å². The second-order valence-corrected chi connectivity index (χ2v) is 8.78. The number of benzene rings is 2. The van der Waals surface area contributed by atoms with Crippen LogP contribution in [0.3, 0.4) is 0 Å². The highest BCUT2D eigenvalue weighted by Crippen LogP contribution is 2.28. The van der Waals surface area contributed by atoms with E-state index in [2.05, 4.69) is 10.3 Å². The third kappa shape index (κ3) is 5.74. The van der Waals surface area contributed by atoms with Gasteiger partial charge in [0, 0.05) is 24.4 Å². The Kier molecular flexibility index (Phi) is 7.44. The second kappa shape index (κ2) is 10.9. The molecular weight excluding hydrogens is 448 g/mol. The number of aryl methyl sites for hydroxylation is 1. The summed E-state index contributed by atoms with van der Waals surface area (Å²) in [7, 11) is 0. The zero-order valence-electron chi connectivity index (χ0n) is 18.7. The van der Waals surface area contributed by atoms with Gasteiger partial charge in [-0.05, 0) is 42.0 Å². The van der Waals surface area contributed by atoms with Gasteiger partial charge >= 0.3 is 5.97 Å². The molecule has 0 saturated heterocycles. The van der Waals surface area contributed by atoms with Crippen LogP contribution < -0.4 is 5.32 Å². The van der Waals surface area contributed by atoms with E-state index in [0.717, 1.165) is 23.3 Å². The molecule has 2 heterocycles. The fraction of sp³-hybridized carbons (Fsp3) is 0.185. The molecule has 34 heavy (non-hydrogen) atoms. The lowest BCUT2D eigenvalue weighted by molar-refractivity contribution is -0.118. The third-order valence-corrected chi connectivity index (χ3v) is 6.23. The van der Waals surface area contributed by atoms with Crippen molar-refractivity contribution < 1.29 is 19.1 Å². The standard InChI is InChI=1S/C27H24N2O4S/c1-18(30)28-14-4-6-19-10-12-20(13-11-19)25(31)17-33-27(32)22-16-24(26-9-5-15-34-26)29-23-8-3-2-7-21(22)23/h2-3,5,7-13,15-16H,4,6,14,17H2,1H3,(H,28,30). The molecule has 6 nitrogen and oxygen atoms in total. The van der Waals surface area contributed by atoms with Crippen LogP contribution in [0.15, 0.2) is 72.1 Å². The molecule has 0 aliphatic carbocycles. The molecule has 0 bridgehead atoms. The predicted molar refractivity (Wildman–Crippen MR) is 133 cm³/mol. The van der Waals surface area contributed by atoms with Crippen LogP contribution in [0.2, 0.25) is 0 Å². The summed E-state index contributed by atoms with van der Waals surface area (Å²) in [5.74, 6) is -0.868. The van der Waals surface area contributed by atoms with Crippen LogP contribution in [-0.2, 0) is 16.0 Å².